The quantitative estimate of drug-likeness (QED) is 0.377. The molecule has 1 aromatic rings. The number of hydrogen-bond donors (Lipinski definition) is 0. The predicted octanol–water partition coefficient (Wildman–Crippen LogP) is 2.57. The van der Waals surface area contributed by atoms with Crippen molar-refractivity contribution in [1.29, 1.82) is 0 Å². The Morgan fingerprint density at radius 2 is 2.00 bits per heavy atom. The van der Waals surface area contributed by atoms with Crippen molar-refractivity contribution in [2.24, 2.45) is 0 Å². The molecule has 4 nitrogen and oxygen atoms in total. The zero-order valence-electron chi connectivity index (χ0n) is 10.5. The molecule has 0 aliphatic heterocycles. The van der Waals surface area contributed by atoms with Gasteiger partial charge in [-0.05, 0) is 24.6 Å². The Balaban J connectivity index is 2.31. The monoisotopic (exact) mass is 240 g/mol. The summed E-state index contributed by atoms with van der Waals surface area (Å²) in [7, 11) is 1.69. The lowest BCUT2D eigenvalue weighted by atomic mass is 10.2. The Morgan fingerprint density at radius 3 is 2.76 bits per heavy atom. The number of hydrogen-bond acceptors (Lipinski definition) is 4. The van der Waals surface area contributed by atoms with Gasteiger partial charge in [-0.15, -0.1) is 0 Å². The average molecular weight is 240 g/mol. The molecule has 0 heterocycles. The first kappa shape index (κ1) is 14.0. The summed E-state index contributed by atoms with van der Waals surface area (Å²) >= 11 is 0. The maximum atomic E-state index is 5.58. The molecule has 0 unspecified atom stereocenters. The minimum Gasteiger partial charge on any atom is -0.493 e. The Morgan fingerprint density at radius 1 is 1.12 bits per heavy atom. The summed E-state index contributed by atoms with van der Waals surface area (Å²) < 4.78 is 10.5. The average Bonchev–Trinajstić information content (AvgIpc) is 2.36. The van der Waals surface area contributed by atoms with Crippen LogP contribution in [-0.2, 0) is 21.1 Å². The normalized spacial score (nSPS) is 10.5. The van der Waals surface area contributed by atoms with Gasteiger partial charge in [0.2, 0.25) is 0 Å². The van der Waals surface area contributed by atoms with Crippen LogP contribution in [0, 0.1) is 0 Å². The lowest BCUT2D eigenvalue weighted by Gasteiger charge is -2.07. The van der Waals surface area contributed by atoms with E-state index in [1.807, 2.05) is 31.2 Å². The first-order chi connectivity index (χ1) is 8.36. The summed E-state index contributed by atoms with van der Waals surface area (Å²) in [6, 6.07) is 7.79. The van der Waals surface area contributed by atoms with Crippen molar-refractivity contribution >= 4 is 0 Å². The summed E-state index contributed by atoms with van der Waals surface area (Å²) in [5, 5.41) is 0. The summed E-state index contributed by atoms with van der Waals surface area (Å²) in [4.78, 5) is 9.82. The summed E-state index contributed by atoms with van der Waals surface area (Å²) in [5.41, 5.74) is 1.03. The van der Waals surface area contributed by atoms with E-state index in [9.17, 15) is 0 Å². The van der Waals surface area contributed by atoms with Gasteiger partial charge in [0, 0.05) is 20.1 Å². The second kappa shape index (κ2) is 8.98. The first-order valence-corrected chi connectivity index (χ1v) is 5.82. The van der Waals surface area contributed by atoms with Crippen LogP contribution in [0.1, 0.15) is 18.9 Å². The maximum absolute atomic E-state index is 5.58. The topological polar surface area (TPSA) is 36.9 Å². The van der Waals surface area contributed by atoms with Gasteiger partial charge in [-0.1, -0.05) is 12.1 Å². The Kier molecular flexibility index (Phi) is 7.38. The molecular weight excluding hydrogens is 220 g/mol. The van der Waals surface area contributed by atoms with Crippen LogP contribution < -0.4 is 4.74 Å². The fourth-order valence-corrected chi connectivity index (χ4v) is 1.31. The van der Waals surface area contributed by atoms with Gasteiger partial charge in [0.15, 0.2) is 0 Å². The number of benzene rings is 1. The Hall–Kier alpha value is -1.10. The van der Waals surface area contributed by atoms with E-state index in [0.717, 1.165) is 17.7 Å². The second-order valence-corrected chi connectivity index (χ2v) is 3.51. The van der Waals surface area contributed by atoms with Crippen LogP contribution in [0.25, 0.3) is 0 Å². The van der Waals surface area contributed by atoms with Crippen LogP contribution >= 0.6 is 0 Å². The van der Waals surface area contributed by atoms with Gasteiger partial charge in [0.25, 0.3) is 0 Å². The van der Waals surface area contributed by atoms with Crippen LogP contribution in [-0.4, -0.2) is 26.9 Å². The molecule has 0 radical (unpaired) electrons. The zero-order valence-corrected chi connectivity index (χ0v) is 10.5. The predicted molar refractivity (Wildman–Crippen MR) is 64.8 cm³/mol. The van der Waals surface area contributed by atoms with E-state index in [1.165, 1.54) is 0 Å². The van der Waals surface area contributed by atoms with Crippen molar-refractivity contribution in [3.8, 4) is 5.75 Å². The third-order valence-electron chi connectivity index (χ3n) is 2.09. The molecule has 0 atom stereocenters. The third kappa shape index (κ3) is 6.26. The third-order valence-corrected chi connectivity index (χ3v) is 2.09. The van der Waals surface area contributed by atoms with Crippen LogP contribution in [0.3, 0.4) is 0 Å². The smallest absolute Gasteiger partial charge is 0.119 e. The minimum atomic E-state index is 0.434. The molecule has 0 aliphatic rings. The lowest BCUT2D eigenvalue weighted by Crippen LogP contribution is -2.02. The van der Waals surface area contributed by atoms with E-state index in [0.29, 0.717) is 26.4 Å². The van der Waals surface area contributed by atoms with Crippen LogP contribution in [0.15, 0.2) is 24.3 Å². The van der Waals surface area contributed by atoms with E-state index < -0.39 is 0 Å². The van der Waals surface area contributed by atoms with Gasteiger partial charge in [-0.2, -0.15) is 0 Å². The van der Waals surface area contributed by atoms with Crippen LogP contribution in [0.4, 0.5) is 0 Å². The van der Waals surface area contributed by atoms with Crippen molar-refractivity contribution in [2.75, 3.05) is 26.9 Å². The molecule has 0 amide bonds. The highest BCUT2D eigenvalue weighted by molar-refractivity contribution is 5.27. The summed E-state index contributed by atoms with van der Waals surface area (Å²) in [6.07, 6.45) is 0.885. The van der Waals surface area contributed by atoms with Gasteiger partial charge in [-0.25, -0.2) is 9.78 Å². The summed E-state index contributed by atoms with van der Waals surface area (Å²) in [6.45, 7) is 4.24. The molecule has 0 saturated heterocycles. The van der Waals surface area contributed by atoms with Crippen molar-refractivity contribution in [1.82, 2.24) is 0 Å². The highest BCUT2D eigenvalue weighted by Crippen LogP contribution is 2.14. The van der Waals surface area contributed by atoms with Crippen molar-refractivity contribution in [2.45, 2.75) is 20.0 Å². The van der Waals surface area contributed by atoms with Crippen molar-refractivity contribution in [3.05, 3.63) is 29.8 Å². The van der Waals surface area contributed by atoms with E-state index in [-0.39, 0.29) is 0 Å². The SMILES string of the molecule is CCOOCc1cccc(OCCCOC)c1. The highest BCUT2D eigenvalue weighted by Gasteiger charge is 1.98. The molecule has 0 fully saturated rings. The van der Waals surface area contributed by atoms with Crippen LogP contribution in [0.5, 0.6) is 5.75 Å². The van der Waals surface area contributed by atoms with Crippen molar-refractivity contribution in [3.63, 3.8) is 0 Å². The van der Waals surface area contributed by atoms with Gasteiger partial charge in [0.1, 0.15) is 12.4 Å². The van der Waals surface area contributed by atoms with Gasteiger partial charge in [-0.3, -0.25) is 0 Å². The van der Waals surface area contributed by atoms with Gasteiger partial charge >= 0.3 is 0 Å². The zero-order chi connectivity index (χ0) is 12.3. The van der Waals surface area contributed by atoms with E-state index in [2.05, 4.69) is 0 Å². The first-order valence-electron chi connectivity index (χ1n) is 5.82. The fourth-order valence-electron chi connectivity index (χ4n) is 1.31. The van der Waals surface area contributed by atoms with E-state index in [4.69, 9.17) is 19.2 Å². The molecule has 1 aromatic carbocycles. The molecule has 1 rings (SSSR count). The standard InChI is InChI=1S/C13H20O4/c1-3-16-17-11-12-6-4-7-13(10-12)15-9-5-8-14-2/h4,6-7,10H,3,5,8-9,11H2,1-2H3. The minimum absolute atomic E-state index is 0.434. The van der Waals surface area contributed by atoms with E-state index >= 15 is 0 Å². The van der Waals surface area contributed by atoms with Gasteiger partial charge < -0.3 is 9.47 Å². The molecular formula is C13H20O4. The molecule has 96 valence electrons. The molecule has 4 heteroatoms. The molecule has 0 spiro atoms. The molecule has 0 bridgehead atoms. The summed E-state index contributed by atoms with van der Waals surface area (Å²) in [5.74, 6) is 0.846. The van der Waals surface area contributed by atoms with Crippen molar-refractivity contribution < 1.29 is 19.2 Å². The maximum Gasteiger partial charge on any atom is 0.119 e. The molecule has 0 aliphatic carbocycles. The number of methoxy groups -OCH3 is 1. The molecule has 17 heavy (non-hydrogen) atoms. The lowest BCUT2D eigenvalue weighted by molar-refractivity contribution is -0.300. The Bertz CT molecular complexity index is 301. The second-order valence-electron chi connectivity index (χ2n) is 3.51. The molecule has 0 aromatic heterocycles. The highest BCUT2D eigenvalue weighted by atomic mass is 17.2. The number of ether oxygens (including phenoxy) is 2. The fraction of sp³-hybridized carbons (Fsp3) is 0.538. The largest absolute Gasteiger partial charge is 0.493 e. The molecule has 0 N–H and O–H groups in total. The Labute approximate surface area is 102 Å². The van der Waals surface area contributed by atoms with Crippen LogP contribution in [0.2, 0.25) is 0 Å². The van der Waals surface area contributed by atoms with E-state index in [1.54, 1.807) is 7.11 Å². The molecule has 0 saturated carbocycles. The van der Waals surface area contributed by atoms with Gasteiger partial charge in [0.05, 0.1) is 13.2 Å². The number of rotatable bonds is 9.